The van der Waals surface area contributed by atoms with Gasteiger partial charge in [-0.1, -0.05) is 36.4 Å². The molecule has 0 radical (unpaired) electrons. The number of nitrogens with zero attached hydrogens (tertiary/aromatic N) is 5. The maximum atomic E-state index is 12.4. The minimum absolute atomic E-state index is 0.0490. The average Bonchev–Trinajstić information content (AvgIpc) is 2.93. The van der Waals surface area contributed by atoms with Crippen LogP contribution < -0.4 is 9.62 Å². The van der Waals surface area contributed by atoms with E-state index in [2.05, 4.69) is 54.0 Å². The summed E-state index contributed by atoms with van der Waals surface area (Å²) in [5.41, 5.74) is 3.07. The molecule has 3 heterocycles. The van der Waals surface area contributed by atoms with Crippen molar-refractivity contribution >= 4 is 32.5 Å². The van der Waals surface area contributed by atoms with E-state index in [-0.39, 0.29) is 11.4 Å². The van der Waals surface area contributed by atoms with Crippen LogP contribution in [0.15, 0.2) is 67.0 Å². The Balaban J connectivity index is 1.24. The highest BCUT2D eigenvalue weighted by Gasteiger charge is 2.31. The zero-order valence-corrected chi connectivity index (χ0v) is 23.5. The molecule has 0 spiro atoms. The largest absolute Gasteiger partial charge is 0.506 e. The summed E-state index contributed by atoms with van der Waals surface area (Å²) in [4.78, 5) is 21.0. The highest BCUT2D eigenvalue weighted by molar-refractivity contribution is 7.91. The third-order valence-corrected chi connectivity index (χ3v) is 9.12. The monoisotopic (exact) mass is 560 g/mol. The zero-order chi connectivity index (χ0) is 28.5. The number of aromatic hydroxyl groups is 1. The molecule has 10 nitrogen and oxygen atoms in total. The van der Waals surface area contributed by atoms with Gasteiger partial charge in [0, 0.05) is 44.5 Å². The summed E-state index contributed by atoms with van der Waals surface area (Å²) in [6.07, 6.45) is 3.19. The van der Waals surface area contributed by atoms with E-state index in [1.807, 2.05) is 12.1 Å². The predicted molar refractivity (Wildman–Crippen MR) is 155 cm³/mol. The maximum absolute atomic E-state index is 12.4. The van der Waals surface area contributed by atoms with Gasteiger partial charge in [-0.25, -0.2) is 13.1 Å². The molecule has 208 valence electrons. The number of anilines is 1. The summed E-state index contributed by atoms with van der Waals surface area (Å²) in [7, 11) is -3.84. The van der Waals surface area contributed by atoms with Crippen molar-refractivity contribution in [2.45, 2.75) is 32.1 Å². The maximum Gasteiger partial charge on any atom is 0.285 e. The molecule has 0 saturated carbocycles. The second kappa shape index (κ2) is 10.8. The van der Waals surface area contributed by atoms with Gasteiger partial charge >= 0.3 is 0 Å². The standard InChI is InChI=1S/C29H32N6O4S/c1-29(2,3)40(38,39)33-28(37)26-10-11-27(32-31-26)35-14-12-34(13-15-35)19-20-8-9-24(21-16-22(36)18-30-17-21)25-7-5-4-6-23(20)25/h4-11,16-18,36H,12-15,19H2,1-3H3,(H,33,37). The second-order valence-corrected chi connectivity index (χ2v) is 13.3. The van der Waals surface area contributed by atoms with E-state index < -0.39 is 20.7 Å². The Bertz CT molecular complexity index is 1640. The molecule has 0 atom stereocenters. The molecule has 0 aliphatic carbocycles. The number of pyridine rings is 1. The van der Waals surface area contributed by atoms with Gasteiger partial charge in [0.2, 0.25) is 10.0 Å². The van der Waals surface area contributed by atoms with E-state index in [0.717, 1.165) is 49.2 Å². The number of carbonyl (C=O) groups excluding carboxylic acids is 1. The van der Waals surface area contributed by atoms with Gasteiger partial charge in [0.05, 0.1) is 10.9 Å². The van der Waals surface area contributed by atoms with Crippen molar-refractivity contribution in [1.29, 1.82) is 0 Å². The number of amides is 1. The van der Waals surface area contributed by atoms with Crippen molar-refractivity contribution in [3.63, 3.8) is 0 Å². The number of fused-ring (bicyclic) bond motifs is 1. The van der Waals surface area contributed by atoms with Crippen molar-refractivity contribution in [1.82, 2.24) is 24.8 Å². The minimum atomic E-state index is -3.84. The second-order valence-electron chi connectivity index (χ2n) is 10.8. The van der Waals surface area contributed by atoms with Gasteiger partial charge in [-0.2, -0.15) is 0 Å². The highest BCUT2D eigenvalue weighted by Crippen LogP contribution is 2.32. The molecule has 40 heavy (non-hydrogen) atoms. The summed E-state index contributed by atoms with van der Waals surface area (Å²) < 4.78 is 25.5. The molecular formula is C29H32N6O4S. The molecular weight excluding hydrogens is 528 g/mol. The van der Waals surface area contributed by atoms with E-state index >= 15 is 0 Å². The first kappa shape index (κ1) is 27.5. The van der Waals surface area contributed by atoms with Crippen molar-refractivity contribution in [2.75, 3.05) is 31.1 Å². The third kappa shape index (κ3) is 5.75. The van der Waals surface area contributed by atoms with Crippen LogP contribution in [0.1, 0.15) is 36.8 Å². The summed E-state index contributed by atoms with van der Waals surface area (Å²) in [6, 6.07) is 17.4. The smallest absolute Gasteiger partial charge is 0.285 e. The predicted octanol–water partition coefficient (Wildman–Crippen LogP) is 3.58. The number of aromatic nitrogens is 3. The molecule has 1 amide bonds. The first-order valence-electron chi connectivity index (χ1n) is 13.0. The molecule has 4 aromatic rings. The number of carbonyl (C=O) groups is 1. The number of hydrogen-bond acceptors (Lipinski definition) is 9. The van der Waals surface area contributed by atoms with Gasteiger partial charge in [0.25, 0.3) is 5.91 Å². The number of piperazine rings is 1. The SMILES string of the molecule is CC(C)(C)S(=O)(=O)NC(=O)c1ccc(N2CCN(Cc3ccc(-c4cncc(O)c4)c4ccccc34)CC2)nn1. The molecule has 2 aromatic heterocycles. The zero-order valence-electron chi connectivity index (χ0n) is 22.7. The van der Waals surface area contributed by atoms with Gasteiger partial charge in [-0.3, -0.25) is 14.7 Å². The Morgan fingerprint density at radius 3 is 2.33 bits per heavy atom. The topological polar surface area (TPSA) is 129 Å². The van der Waals surface area contributed by atoms with Gasteiger partial charge in [-0.05, 0) is 60.9 Å². The molecule has 1 aliphatic rings. The first-order chi connectivity index (χ1) is 19.0. The summed E-state index contributed by atoms with van der Waals surface area (Å²) >= 11 is 0. The molecule has 11 heteroatoms. The van der Waals surface area contributed by atoms with Crippen molar-refractivity contribution < 1.29 is 18.3 Å². The van der Waals surface area contributed by atoms with Crippen LogP contribution in [0.4, 0.5) is 5.82 Å². The Morgan fingerprint density at radius 1 is 0.950 bits per heavy atom. The van der Waals surface area contributed by atoms with E-state index in [1.165, 1.54) is 44.0 Å². The molecule has 1 aliphatic heterocycles. The fraction of sp³-hybridized carbons (Fsp3) is 0.310. The summed E-state index contributed by atoms with van der Waals surface area (Å²) in [5, 5.41) is 20.3. The molecule has 0 bridgehead atoms. The molecule has 1 saturated heterocycles. The van der Waals surface area contributed by atoms with Crippen molar-refractivity contribution in [3.05, 3.63) is 78.2 Å². The minimum Gasteiger partial charge on any atom is -0.506 e. The van der Waals surface area contributed by atoms with Crippen LogP contribution in [0, 0.1) is 0 Å². The van der Waals surface area contributed by atoms with E-state index in [4.69, 9.17) is 0 Å². The molecule has 5 rings (SSSR count). The van der Waals surface area contributed by atoms with E-state index in [0.29, 0.717) is 5.82 Å². The van der Waals surface area contributed by atoms with Crippen LogP contribution in [-0.2, 0) is 16.6 Å². The Morgan fingerprint density at radius 2 is 1.68 bits per heavy atom. The number of sulfonamides is 1. The van der Waals surface area contributed by atoms with Crippen LogP contribution in [-0.4, -0.2) is 70.4 Å². The Hall–Kier alpha value is -4.09. The fourth-order valence-corrected chi connectivity index (χ4v) is 5.30. The van der Waals surface area contributed by atoms with Crippen molar-refractivity contribution in [2.24, 2.45) is 0 Å². The lowest BCUT2D eigenvalue weighted by atomic mass is 9.95. The fourth-order valence-electron chi connectivity index (χ4n) is 4.64. The molecule has 2 aromatic carbocycles. The Labute approximate surface area is 233 Å². The quantitative estimate of drug-likeness (QED) is 0.364. The van der Waals surface area contributed by atoms with Gasteiger partial charge in [0.15, 0.2) is 11.5 Å². The number of hydrogen-bond donors (Lipinski definition) is 2. The van der Waals surface area contributed by atoms with Crippen LogP contribution in [0.2, 0.25) is 0 Å². The number of nitrogens with one attached hydrogen (secondary N) is 1. The van der Waals surface area contributed by atoms with Crippen LogP contribution in [0.3, 0.4) is 0 Å². The number of benzene rings is 2. The molecule has 0 unspecified atom stereocenters. The summed E-state index contributed by atoms with van der Waals surface area (Å²) in [6.45, 7) is 8.46. The summed E-state index contributed by atoms with van der Waals surface area (Å²) in [5.74, 6) is -0.0126. The van der Waals surface area contributed by atoms with Gasteiger partial charge < -0.3 is 10.0 Å². The van der Waals surface area contributed by atoms with Gasteiger partial charge in [-0.15, -0.1) is 10.2 Å². The first-order valence-corrected chi connectivity index (χ1v) is 14.5. The Kier molecular flexibility index (Phi) is 7.43. The van der Waals surface area contributed by atoms with Crippen LogP contribution >= 0.6 is 0 Å². The normalized spacial score (nSPS) is 14.8. The van der Waals surface area contributed by atoms with E-state index in [9.17, 15) is 18.3 Å². The van der Waals surface area contributed by atoms with Crippen LogP contribution in [0.25, 0.3) is 21.9 Å². The van der Waals surface area contributed by atoms with E-state index in [1.54, 1.807) is 18.3 Å². The highest BCUT2D eigenvalue weighted by atomic mass is 32.2. The lowest BCUT2D eigenvalue weighted by Gasteiger charge is -2.35. The molecule has 1 fully saturated rings. The van der Waals surface area contributed by atoms with Gasteiger partial charge in [0.1, 0.15) is 5.75 Å². The van der Waals surface area contributed by atoms with Crippen LogP contribution in [0.5, 0.6) is 5.75 Å². The lowest BCUT2D eigenvalue weighted by molar-refractivity contribution is 0.0974. The third-order valence-electron chi connectivity index (χ3n) is 7.06. The average molecular weight is 561 g/mol. The number of rotatable bonds is 6. The molecule has 2 N–H and O–H groups in total. The lowest BCUT2D eigenvalue weighted by Crippen LogP contribution is -2.46. The van der Waals surface area contributed by atoms with Crippen molar-refractivity contribution in [3.8, 4) is 16.9 Å².